The molecule has 3 saturated carbocycles. The van der Waals surface area contributed by atoms with Crippen molar-refractivity contribution in [3.63, 3.8) is 0 Å². The molecule has 0 nitrogen and oxygen atoms in total. The van der Waals surface area contributed by atoms with Gasteiger partial charge in [-0.05, 0) is 119 Å². The Hall–Kier alpha value is -0.660. The Kier molecular flexibility index (Phi) is 7.76. The Morgan fingerprint density at radius 3 is 1.54 bits per heavy atom. The molecule has 0 aromatic heterocycles. The molecule has 3 fully saturated rings. The second-order valence-electron chi connectivity index (χ2n) is 9.44. The van der Waals surface area contributed by atoms with E-state index in [2.05, 4.69) is 12.7 Å². The number of rotatable bonds is 6. The predicted molar refractivity (Wildman–Crippen MR) is 106 cm³/mol. The molecule has 0 heterocycles. The molecule has 0 aromatic rings. The molecule has 0 spiro atoms. The summed E-state index contributed by atoms with van der Waals surface area (Å²) in [7, 11) is 0. The van der Waals surface area contributed by atoms with Crippen LogP contribution in [0.1, 0.15) is 89.9 Å². The Morgan fingerprint density at radius 2 is 1.12 bits per heavy atom. The summed E-state index contributed by atoms with van der Waals surface area (Å²) >= 11 is 0. The van der Waals surface area contributed by atoms with Crippen molar-refractivity contribution in [2.75, 3.05) is 0 Å². The van der Waals surface area contributed by atoms with Gasteiger partial charge in [0.15, 0.2) is 0 Å². The van der Waals surface area contributed by atoms with E-state index in [4.69, 9.17) is 0 Å². The first-order chi connectivity index (χ1) is 12.7. The van der Waals surface area contributed by atoms with Gasteiger partial charge in [-0.25, -0.2) is 0 Å². The molecule has 148 valence electrons. The molecule has 0 N–H and O–H groups in total. The van der Waals surface area contributed by atoms with Crippen molar-refractivity contribution in [1.29, 1.82) is 0 Å². The molecule has 0 bridgehead atoms. The quantitative estimate of drug-likeness (QED) is 0.417. The van der Waals surface area contributed by atoms with Crippen molar-refractivity contribution in [3.8, 4) is 0 Å². The second kappa shape index (κ2) is 10.0. The van der Waals surface area contributed by atoms with Gasteiger partial charge in [-0.15, -0.1) is 6.58 Å². The Labute approximate surface area is 159 Å². The summed E-state index contributed by atoms with van der Waals surface area (Å²) in [6.07, 6.45) is 20.0. The number of allylic oxidation sites excluding steroid dienone is 2. The third kappa shape index (κ3) is 5.67. The van der Waals surface area contributed by atoms with Crippen molar-refractivity contribution in [2.24, 2.45) is 35.5 Å². The van der Waals surface area contributed by atoms with E-state index in [0.29, 0.717) is 12.3 Å². The number of hydrogen-bond acceptors (Lipinski definition) is 0. The summed E-state index contributed by atoms with van der Waals surface area (Å²) in [5, 5.41) is 0. The topological polar surface area (TPSA) is 0 Å². The molecule has 0 saturated heterocycles. The Morgan fingerprint density at radius 1 is 0.692 bits per heavy atom. The van der Waals surface area contributed by atoms with Crippen molar-refractivity contribution in [3.05, 3.63) is 24.8 Å². The summed E-state index contributed by atoms with van der Waals surface area (Å²) in [4.78, 5) is 0. The van der Waals surface area contributed by atoms with E-state index in [1.54, 1.807) is 0 Å². The third-order valence-electron chi connectivity index (χ3n) is 8.06. The summed E-state index contributed by atoms with van der Waals surface area (Å²) in [5.41, 5.74) is 0. The second-order valence-corrected chi connectivity index (χ2v) is 9.44. The zero-order valence-corrected chi connectivity index (χ0v) is 16.5. The van der Waals surface area contributed by atoms with Gasteiger partial charge in [0, 0.05) is 0 Å². The minimum Gasteiger partial charge on any atom is -0.174 e. The maximum absolute atomic E-state index is 12.2. The zero-order chi connectivity index (χ0) is 18.4. The molecule has 0 radical (unpaired) electrons. The lowest BCUT2D eigenvalue weighted by atomic mass is 9.65. The van der Waals surface area contributed by atoms with Crippen molar-refractivity contribution in [2.45, 2.75) is 89.9 Å². The molecular formula is C24H38F2. The largest absolute Gasteiger partial charge is 0.266 e. The van der Waals surface area contributed by atoms with Crippen LogP contribution in [0.3, 0.4) is 0 Å². The molecule has 0 unspecified atom stereocenters. The van der Waals surface area contributed by atoms with E-state index < -0.39 is 6.08 Å². The van der Waals surface area contributed by atoms with Gasteiger partial charge < -0.3 is 0 Å². The lowest BCUT2D eigenvalue weighted by Gasteiger charge is -2.41. The van der Waals surface area contributed by atoms with Crippen molar-refractivity contribution >= 4 is 0 Å². The smallest absolute Gasteiger partial charge is 0.174 e. The highest BCUT2D eigenvalue weighted by Crippen LogP contribution is 2.46. The fourth-order valence-corrected chi connectivity index (χ4v) is 6.32. The molecule has 26 heavy (non-hydrogen) atoms. The van der Waals surface area contributed by atoms with Crippen LogP contribution >= 0.6 is 0 Å². The standard InChI is InChI=1S/C24H38F2/c1-2-18-6-10-20(11-7-18)22-14-16-23(17-15-22)21-12-8-19(9-13-21)4-3-5-24(25)26/h2,5,18-23H,1,3-4,6-17H2. The third-order valence-corrected chi connectivity index (χ3v) is 8.06. The molecule has 2 heteroatoms. The van der Waals surface area contributed by atoms with E-state index in [1.165, 1.54) is 77.0 Å². The number of hydrogen-bond donors (Lipinski definition) is 0. The van der Waals surface area contributed by atoms with E-state index in [0.717, 1.165) is 42.1 Å². The SMILES string of the molecule is C=CC1CCC(C2CCC(C3CCC(CCC=C(F)F)CC3)CC2)CC1. The van der Waals surface area contributed by atoms with Gasteiger partial charge in [-0.2, -0.15) is 8.78 Å². The van der Waals surface area contributed by atoms with Gasteiger partial charge in [-0.1, -0.05) is 18.9 Å². The van der Waals surface area contributed by atoms with E-state index >= 15 is 0 Å². The van der Waals surface area contributed by atoms with Gasteiger partial charge in [0.1, 0.15) is 0 Å². The van der Waals surface area contributed by atoms with Gasteiger partial charge >= 0.3 is 0 Å². The zero-order valence-electron chi connectivity index (χ0n) is 16.5. The highest BCUT2D eigenvalue weighted by Gasteiger charge is 2.34. The molecule has 0 aliphatic heterocycles. The molecule has 3 rings (SSSR count). The fraction of sp³-hybridized carbons (Fsp3) is 0.833. The lowest BCUT2D eigenvalue weighted by Crippen LogP contribution is -2.29. The van der Waals surface area contributed by atoms with Crippen molar-refractivity contribution < 1.29 is 8.78 Å². The fourth-order valence-electron chi connectivity index (χ4n) is 6.32. The molecule has 3 aliphatic carbocycles. The van der Waals surface area contributed by atoms with Crippen LogP contribution in [-0.4, -0.2) is 0 Å². The average molecular weight is 365 g/mol. The van der Waals surface area contributed by atoms with Gasteiger partial charge in [0.05, 0.1) is 0 Å². The minimum atomic E-state index is -1.51. The van der Waals surface area contributed by atoms with Crippen LogP contribution in [0.4, 0.5) is 8.78 Å². The van der Waals surface area contributed by atoms with E-state index in [-0.39, 0.29) is 0 Å². The predicted octanol–water partition coefficient (Wildman–Crippen LogP) is 8.15. The molecular weight excluding hydrogens is 326 g/mol. The van der Waals surface area contributed by atoms with Crippen LogP contribution in [0, 0.1) is 35.5 Å². The maximum Gasteiger partial charge on any atom is 0.266 e. The number of halogens is 2. The maximum atomic E-state index is 12.2. The first-order valence-electron chi connectivity index (χ1n) is 11.3. The van der Waals surface area contributed by atoms with Gasteiger partial charge in [-0.3, -0.25) is 0 Å². The van der Waals surface area contributed by atoms with Crippen LogP contribution in [0.25, 0.3) is 0 Å². The van der Waals surface area contributed by atoms with E-state index in [1.807, 2.05) is 0 Å². The normalized spacial score (nSPS) is 38.5. The average Bonchev–Trinajstić information content (AvgIpc) is 2.68. The van der Waals surface area contributed by atoms with Crippen LogP contribution in [0.15, 0.2) is 24.8 Å². The Balaban J connectivity index is 1.34. The summed E-state index contributed by atoms with van der Waals surface area (Å²) in [6.45, 7) is 3.98. The summed E-state index contributed by atoms with van der Waals surface area (Å²) < 4.78 is 24.3. The molecule has 0 amide bonds. The van der Waals surface area contributed by atoms with Crippen LogP contribution in [-0.2, 0) is 0 Å². The monoisotopic (exact) mass is 364 g/mol. The highest BCUT2D eigenvalue weighted by molar-refractivity contribution is 4.89. The van der Waals surface area contributed by atoms with Gasteiger partial charge in [0.25, 0.3) is 6.08 Å². The summed E-state index contributed by atoms with van der Waals surface area (Å²) in [5.74, 6) is 5.35. The minimum absolute atomic E-state index is 0.566. The first kappa shape index (κ1) is 20.1. The van der Waals surface area contributed by atoms with Crippen LogP contribution < -0.4 is 0 Å². The van der Waals surface area contributed by atoms with Crippen LogP contribution in [0.5, 0.6) is 0 Å². The molecule has 0 atom stereocenters. The van der Waals surface area contributed by atoms with Crippen LogP contribution in [0.2, 0.25) is 0 Å². The van der Waals surface area contributed by atoms with Gasteiger partial charge in [0.2, 0.25) is 0 Å². The molecule has 3 aliphatic rings. The molecule has 0 aromatic carbocycles. The van der Waals surface area contributed by atoms with E-state index in [9.17, 15) is 8.78 Å². The Bertz CT molecular complexity index is 441. The lowest BCUT2D eigenvalue weighted by molar-refractivity contribution is 0.107. The first-order valence-corrected chi connectivity index (χ1v) is 11.3. The summed E-state index contributed by atoms with van der Waals surface area (Å²) in [6, 6.07) is 0. The highest BCUT2D eigenvalue weighted by atomic mass is 19.3. The van der Waals surface area contributed by atoms with Crippen molar-refractivity contribution in [1.82, 2.24) is 0 Å².